The van der Waals surface area contributed by atoms with E-state index in [2.05, 4.69) is 5.10 Å². The molecule has 0 unspecified atom stereocenters. The SMILES string of the molecule is COC[C@H]1CCCN1/N=C/[C@@H](C[N+](=O)[O-])[C@H](OC(C)=O)[C@@H](OC(C)=O)[C@@H](OC(C)=O)[C@@H](COC(C)=O)OC(C)=O. The number of carbonyl (C=O) groups is 5. The minimum atomic E-state index is -1.75. The molecule has 1 fully saturated rings. The first-order valence-electron chi connectivity index (χ1n) is 12.5. The summed E-state index contributed by atoms with van der Waals surface area (Å²) in [6.07, 6.45) is -3.92. The highest BCUT2D eigenvalue weighted by molar-refractivity contribution is 5.70. The lowest BCUT2D eigenvalue weighted by Gasteiger charge is -2.36. The van der Waals surface area contributed by atoms with E-state index >= 15 is 0 Å². The molecule has 0 saturated carbocycles. The van der Waals surface area contributed by atoms with Crippen molar-refractivity contribution in [1.82, 2.24) is 5.01 Å². The molecule has 0 spiro atoms. The maximum Gasteiger partial charge on any atom is 0.303 e. The first-order valence-corrected chi connectivity index (χ1v) is 12.5. The summed E-state index contributed by atoms with van der Waals surface area (Å²) in [5, 5.41) is 17.7. The Kier molecular flexibility index (Phi) is 14.5. The van der Waals surface area contributed by atoms with E-state index in [1.165, 1.54) is 13.3 Å². The van der Waals surface area contributed by atoms with E-state index in [0.29, 0.717) is 13.2 Å². The van der Waals surface area contributed by atoms with Gasteiger partial charge in [-0.2, -0.15) is 5.10 Å². The first-order chi connectivity index (χ1) is 18.7. The van der Waals surface area contributed by atoms with E-state index in [9.17, 15) is 34.1 Å². The maximum absolute atomic E-state index is 12.2. The van der Waals surface area contributed by atoms with Gasteiger partial charge >= 0.3 is 29.8 Å². The Balaban J connectivity index is 3.67. The van der Waals surface area contributed by atoms with Gasteiger partial charge in [-0.05, 0) is 12.8 Å². The van der Waals surface area contributed by atoms with Gasteiger partial charge in [0.2, 0.25) is 6.54 Å². The van der Waals surface area contributed by atoms with Crippen LogP contribution in [-0.2, 0) is 52.4 Å². The molecule has 0 aliphatic carbocycles. The molecule has 0 amide bonds. The number of nitro groups is 1. The van der Waals surface area contributed by atoms with E-state index in [0.717, 1.165) is 47.5 Å². The van der Waals surface area contributed by atoms with Crippen LogP contribution in [0.4, 0.5) is 0 Å². The van der Waals surface area contributed by atoms with Crippen molar-refractivity contribution >= 4 is 36.1 Å². The van der Waals surface area contributed by atoms with Crippen LogP contribution < -0.4 is 0 Å². The third-order valence-corrected chi connectivity index (χ3v) is 5.58. The number of hydrogen-bond acceptors (Lipinski definition) is 15. The lowest BCUT2D eigenvalue weighted by molar-refractivity contribution is -0.487. The van der Waals surface area contributed by atoms with Crippen LogP contribution in [-0.4, -0.2) is 110 Å². The second-order valence-electron chi connectivity index (χ2n) is 9.03. The van der Waals surface area contributed by atoms with Crippen LogP contribution in [0.5, 0.6) is 0 Å². The summed E-state index contributed by atoms with van der Waals surface area (Å²) in [6.45, 7) is 4.57. The molecule has 1 aliphatic rings. The molecule has 0 aromatic carbocycles. The molecule has 0 bridgehead atoms. The third kappa shape index (κ3) is 12.4. The van der Waals surface area contributed by atoms with Crippen LogP contribution >= 0.6 is 0 Å². The standard InChI is InChI=1S/C24H37N3O13/c1-14(28)36-13-21(37-15(2)29)23(39-17(4)31)24(40-18(5)32)22(38-16(3)30)19(11-27(33)34)10-25-26-9-7-8-20(26)12-35-6/h10,19-24H,7-9,11-13H2,1-6H3/b25-10+/t19-,20+,21+,22-,23-,24+/m0/s1. The topological polar surface area (TPSA) is 199 Å². The summed E-state index contributed by atoms with van der Waals surface area (Å²) in [7, 11) is 1.53. The Morgan fingerprint density at radius 1 is 0.900 bits per heavy atom. The van der Waals surface area contributed by atoms with Crippen LogP contribution in [0.15, 0.2) is 5.10 Å². The summed E-state index contributed by atoms with van der Waals surface area (Å²) in [6, 6.07) is -0.0974. The highest BCUT2D eigenvalue weighted by Gasteiger charge is 2.47. The minimum absolute atomic E-state index is 0.0974. The van der Waals surface area contributed by atoms with Crippen molar-refractivity contribution in [2.24, 2.45) is 11.0 Å². The van der Waals surface area contributed by atoms with Crippen LogP contribution in [0, 0.1) is 16.0 Å². The second kappa shape index (κ2) is 17.0. The number of carbonyl (C=O) groups excluding carboxylic acids is 5. The smallest absolute Gasteiger partial charge is 0.303 e. The highest BCUT2D eigenvalue weighted by Crippen LogP contribution is 2.25. The molecule has 16 heteroatoms. The monoisotopic (exact) mass is 575 g/mol. The summed E-state index contributed by atoms with van der Waals surface area (Å²) in [5.74, 6) is -5.74. The van der Waals surface area contributed by atoms with Crippen molar-refractivity contribution in [2.45, 2.75) is 77.9 Å². The predicted molar refractivity (Wildman–Crippen MR) is 134 cm³/mol. The van der Waals surface area contributed by atoms with Crippen LogP contribution in [0.1, 0.15) is 47.5 Å². The molecule has 0 aromatic heterocycles. The molecule has 1 aliphatic heterocycles. The highest BCUT2D eigenvalue weighted by atomic mass is 16.6. The molecule has 0 N–H and O–H groups in total. The lowest BCUT2D eigenvalue weighted by atomic mass is 9.92. The Morgan fingerprint density at radius 3 is 1.95 bits per heavy atom. The molecule has 1 heterocycles. The Bertz CT molecular complexity index is 941. The van der Waals surface area contributed by atoms with Gasteiger partial charge in [0.25, 0.3) is 0 Å². The zero-order valence-electron chi connectivity index (χ0n) is 23.4. The fraction of sp³-hybridized carbons (Fsp3) is 0.750. The summed E-state index contributed by atoms with van der Waals surface area (Å²) < 4.78 is 31.5. The van der Waals surface area contributed by atoms with Crippen molar-refractivity contribution in [3.05, 3.63) is 10.1 Å². The molecule has 226 valence electrons. The molecule has 1 saturated heterocycles. The lowest BCUT2D eigenvalue weighted by Crippen LogP contribution is -2.56. The summed E-state index contributed by atoms with van der Waals surface area (Å²) >= 11 is 0. The fourth-order valence-corrected chi connectivity index (χ4v) is 4.17. The molecular formula is C24H37N3O13. The molecule has 0 aromatic rings. The number of methoxy groups -OCH3 is 1. The van der Waals surface area contributed by atoms with Gasteiger partial charge in [0.15, 0.2) is 24.4 Å². The van der Waals surface area contributed by atoms with E-state index in [-0.39, 0.29) is 6.04 Å². The number of rotatable bonds is 16. The average Bonchev–Trinajstić information content (AvgIpc) is 3.26. The molecule has 6 atom stereocenters. The van der Waals surface area contributed by atoms with Gasteiger partial charge < -0.3 is 28.4 Å². The van der Waals surface area contributed by atoms with Gasteiger partial charge in [0, 0.05) is 59.4 Å². The number of hydrazone groups is 1. The van der Waals surface area contributed by atoms with Crippen LogP contribution in [0.2, 0.25) is 0 Å². The first kappa shape index (κ1) is 34.2. The predicted octanol–water partition coefficient (Wildman–Crippen LogP) is 0.266. The number of nitrogens with zero attached hydrogens (tertiary/aromatic N) is 3. The van der Waals surface area contributed by atoms with Crippen LogP contribution in [0.3, 0.4) is 0 Å². The second-order valence-corrected chi connectivity index (χ2v) is 9.03. The average molecular weight is 576 g/mol. The quantitative estimate of drug-likeness (QED) is 0.0798. The number of esters is 5. The Labute approximate surface area is 231 Å². The van der Waals surface area contributed by atoms with E-state index in [1.807, 2.05) is 0 Å². The summed E-state index contributed by atoms with van der Waals surface area (Å²) in [5.41, 5.74) is 0. The van der Waals surface area contributed by atoms with Gasteiger partial charge in [-0.1, -0.05) is 0 Å². The molecule has 40 heavy (non-hydrogen) atoms. The normalized spacial score (nSPS) is 18.6. The number of hydrogen-bond donors (Lipinski definition) is 0. The van der Waals surface area contributed by atoms with E-state index in [4.69, 9.17) is 28.4 Å². The maximum atomic E-state index is 12.2. The van der Waals surface area contributed by atoms with E-state index < -0.39 is 78.3 Å². The summed E-state index contributed by atoms with van der Waals surface area (Å²) in [4.78, 5) is 70.8. The van der Waals surface area contributed by atoms with Gasteiger partial charge in [0.05, 0.1) is 12.6 Å². The van der Waals surface area contributed by atoms with Gasteiger partial charge in [-0.15, -0.1) is 0 Å². The largest absolute Gasteiger partial charge is 0.462 e. The fourth-order valence-electron chi connectivity index (χ4n) is 4.17. The van der Waals surface area contributed by atoms with Crippen molar-refractivity contribution in [3.8, 4) is 0 Å². The van der Waals surface area contributed by atoms with Gasteiger partial charge in [-0.25, -0.2) is 0 Å². The van der Waals surface area contributed by atoms with Crippen molar-refractivity contribution < 1.29 is 57.3 Å². The Hall–Kier alpha value is -3.82. The zero-order valence-corrected chi connectivity index (χ0v) is 23.4. The molecule has 16 nitrogen and oxygen atoms in total. The molecular weight excluding hydrogens is 538 g/mol. The van der Waals surface area contributed by atoms with Gasteiger partial charge in [-0.3, -0.25) is 39.1 Å². The number of ether oxygens (including phenoxy) is 6. The van der Waals surface area contributed by atoms with Crippen molar-refractivity contribution in [3.63, 3.8) is 0 Å². The van der Waals surface area contributed by atoms with Crippen molar-refractivity contribution in [1.29, 1.82) is 0 Å². The zero-order chi connectivity index (χ0) is 30.4. The van der Waals surface area contributed by atoms with Crippen molar-refractivity contribution in [2.75, 3.05) is 33.4 Å². The van der Waals surface area contributed by atoms with Gasteiger partial charge in [0.1, 0.15) is 12.5 Å². The van der Waals surface area contributed by atoms with E-state index in [1.54, 1.807) is 5.01 Å². The third-order valence-electron chi connectivity index (χ3n) is 5.58. The minimum Gasteiger partial charge on any atom is -0.462 e. The molecule has 0 radical (unpaired) electrons. The van der Waals surface area contributed by atoms with Crippen LogP contribution in [0.25, 0.3) is 0 Å². The molecule has 1 rings (SSSR count). The Morgan fingerprint density at radius 2 is 1.45 bits per heavy atom.